The molecule has 1 unspecified atom stereocenters. The van der Waals surface area contributed by atoms with Crippen molar-refractivity contribution in [1.82, 2.24) is 15.3 Å². The van der Waals surface area contributed by atoms with E-state index in [0.717, 1.165) is 41.4 Å². The van der Waals surface area contributed by atoms with E-state index in [4.69, 9.17) is 4.74 Å². The second-order valence-electron chi connectivity index (χ2n) is 4.88. The van der Waals surface area contributed by atoms with E-state index in [1.54, 1.807) is 18.1 Å². The number of hydrogen-bond donors (Lipinski definition) is 1. The Bertz CT molecular complexity index is 552. The molecule has 1 fully saturated rings. The normalized spacial score (nSPS) is 18.7. The number of thioether (sulfide) groups is 1. The predicted octanol–water partition coefficient (Wildman–Crippen LogP) is 2.49. The minimum absolute atomic E-state index is 0.417. The Balaban J connectivity index is 1.47. The molecule has 106 valence electrons. The molecule has 3 rings (SSSR count). The lowest BCUT2D eigenvalue weighted by molar-refractivity contribution is 0.110. The monoisotopic (exact) mass is 289 g/mol. The van der Waals surface area contributed by atoms with Crippen LogP contribution in [0.15, 0.2) is 35.6 Å². The molecule has 1 aliphatic heterocycles. The molecule has 2 heterocycles. The van der Waals surface area contributed by atoms with Crippen molar-refractivity contribution >= 4 is 22.7 Å². The first-order chi connectivity index (χ1) is 9.93. The average Bonchev–Trinajstić information content (AvgIpc) is 3.00. The van der Waals surface area contributed by atoms with Gasteiger partial charge >= 0.3 is 0 Å². The number of hydrogen-bond acceptors (Lipinski definition) is 5. The summed E-state index contributed by atoms with van der Waals surface area (Å²) in [5, 5.41) is 5.66. The Morgan fingerprint density at radius 2 is 2.25 bits per heavy atom. The molecule has 0 amide bonds. The number of rotatable bonds is 6. The number of para-hydroxylation sites is 1. The Morgan fingerprint density at radius 1 is 1.30 bits per heavy atom. The van der Waals surface area contributed by atoms with Crippen molar-refractivity contribution in [2.24, 2.45) is 0 Å². The summed E-state index contributed by atoms with van der Waals surface area (Å²) in [5.74, 6) is 1.01. The number of aromatic nitrogens is 2. The van der Waals surface area contributed by atoms with Gasteiger partial charge in [-0.15, -0.1) is 11.8 Å². The summed E-state index contributed by atoms with van der Waals surface area (Å²) in [5.41, 5.74) is 1.01. The van der Waals surface area contributed by atoms with E-state index in [0.29, 0.717) is 6.10 Å². The van der Waals surface area contributed by atoms with Crippen LogP contribution >= 0.6 is 11.8 Å². The average molecular weight is 289 g/mol. The lowest BCUT2D eigenvalue weighted by Crippen LogP contribution is -2.27. The Morgan fingerprint density at radius 3 is 3.15 bits per heavy atom. The summed E-state index contributed by atoms with van der Waals surface area (Å²) in [4.78, 5) is 8.66. The third-order valence-corrected chi connectivity index (χ3v) is 4.43. The molecule has 0 radical (unpaired) electrons. The second-order valence-corrected chi connectivity index (χ2v) is 5.97. The Hall–Kier alpha value is -1.17. The number of nitrogens with zero attached hydrogens (tertiary/aromatic N) is 2. The molecule has 0 spiro atoms. The van der Waals surface area contributed by atoms with Gasteiger partial charge in [0.2, 0.25) is 0 Å². The van der Waals surface area contributed by atoms with Crippen LogP contribution in [0.3, 0.4) is 0 Å². The van der Waals surface area contributed by atoms with Gasteiger partial charge in [-0.25, -0.2) is 9.97 Å². The summed E-state index contributed by atoms with van der Waals surface area (Å²) in [6, 6.07) is 8.15. The number of benzene rings is 1. The molecule has 1 aromatic heterocycles. The van der Waals surface area contributed by atoms with Crippen LogP contribution in [0.4, 0.5) is 0 Å². The van der Waals surface area contributed by atoms with Crippen molar-refractivity contribution in [2.45, 2.75) is 24.0 Å². The molecule has 0 aliphatic carbocycles. The van der Waals surface area contributed by atoms with E-state index >= 15 is 0 Å². The molecular weight excluding hydrogens is 270 g/mol. The first-order valence-corrected chi connectivity index (χ1v) is 8.07. The highest BCUT2D eigenvalue weighted by molar-refractivity contribution is 7.99. The van der Waals surface area contributed by atoms with Crippen molar-refractivity contribution in [3.8, 4) is 0 Å². The summed E-state index contributed by atoms with van der Waals surface area (Å²) < 4.78 is 5.59. The van der Waals surface area contributed by atoms with Crippen molar-refractivity contribution in [3.05, 3.63) is 30.6 Å². The maximum atomic E-state index is 5.59. The molecule has 2 aromatic rings. The highest BCUT2D eigenvalue weighted by Crippen LogP contribution is 2.23. The van der Waals surface area contributed by atoms with Gasteiger partial charge < -0.3 is 10.1 Å². The summed E-state index contributed by atoms with van der Waals surface area (Å²) >= 11 is 1.78. The quantitative estimate of drug-likeness (QED) is 0.503. The fraction of sp³-hybridized carbons (Fsp3) is 0.467. The standard InChI is InChI=1S/C15H19N3OS/c1-2-6-14-13(5-1)15(18-11-17-14)20-9-7-16-10-12-4-3-8-19-12/h1-2,5-6,11-12,16H,3-4,7-10H2. The van der Waals surface area contributed by atoms with E-state index in [1.165, 1.54) is 12.8 Å². The summed E-state index contributed by atoms with van der Waals surface area (Å²) in [6.45, 7) is 2.86. The molecule has 1 saturated heterocycles. The lowest BCUT2D eigenvalue weighted by atomic mass is 10.2. The van der Waals surface area contributed by atoms with Crippen LogP contribution in [0, 0.1) is 0 Å². The van der Waals surface area contributed by atoms with Gasteiger partial charge in [0, 0.05) is 30.8 Å². The molecule has 0 bridgehead atoms. The number of nitrogens with one attached hydrogen (secondary N) is 1. The smallest absolute Gasteiger partial charge is 0.117 e. The largest absolute Gasteiger partial charge is 0.377 e. The maximum absolute atomic E-state index is 5.59. The number of ether oxygens (including phenoxy) is 1. The highest BCUT2D eigenvalue weighted by atomic mass is 32.2. The van der Waals surface area contributed by atoms with Crippen LogP contribution in [-0.4, -0.2) is 41.5 Å². The SMILES string of the molecule is c1ccc2c(SCCNCC3CCCO3)ncnc2c1. The van der Waals surface area contributed by atoms with Gasteiger partial charge in [0.05, 0.1) is 11.6 Å². The van der Waals surface area contributed by atoms with Crippen LogP contribution < -0.4 is 5.32 Å². The van der Waals surface area contributed by atoms with Gasteiger partial charge in [-0.1, -0.05) is 18.2 Å². The van der Waals surface area contributed by atoms with Crippen molar-refractivity contribution in [2.75, 3.05) is 25.4 Å². The first kappa shape index (κ1) is 13.8. The van der Waals surface area contributed by atoms with E-state index < -0.39 is 0 Å². The zero-order chi connectivity index (χ0) is 13.6. The molecule has 1 aliphatic rings. The van der Waals surface area contributed by atoms with Gasteiger partial charge in [0.25, 0.3) is 0 Å². The number of fused-ring (bicyclic) bond motifs is 1. The van der Waals surface area contributed by atoms with Gasteiger partial charge in [-0.05, 0) is 18.9 Å². The molecule has 0 saturated carbocycles. The van der Waals surface area contributed by atoms with Crippen LogP contribution in [0.1, 0.15) is 12.8 Å². The van der Waals surface area contributed by atoms with Crippen LogP contribution in [0.25, 0.3) is 10.9 Å². The van der Waals surface area contributed by atoms with E-state index in [-0.39, 0.29) is 0 Å². The summed E-state index contributed by atoms with van der Waals surface area (Å²) in [6.07, 6.45) is 4.45. The zero-order valence-corrected chi connectivity index (χ0v) is 12.2. The molecule has 5 heteroatoms. The summed E-state index contributed by atoms with van der Waals surface area (Å²) in [7, 11) is 0. The predicted molar refractivity (Wildman–Crippen MR) is 82.1 cm³/mol. The van der Waals surface area contributed by atoms with E-state index in [1.807, 2.05) is 18.2 Å². The first-order valence-electron chi connectivity index (χ1n) is 7.08. The van der Waals surface area contributed by atoms with Crippen molar-refractivity contribution in [1.29, 1.82) is 0 Å². The molecule has 1 N–H and O–H groups in total. The third-order valence-electron chi connectivity index (χ3n) is 3.42. The second kappa shape index (κ2) is 7.02. The van der Waals surface area contributed by atoms with Gasteiger partial charge in [0.15, 0.2) is 0 Å². The van der Waals surface area contributed by atoms with Crippen LogP contribution in [0.5, 0.6) is 0 Å². The molecule has 20 heavy (non-hydrogen) atoms. The third kappa shape index (κ3) is 3.48. The fourth-order valence-electron chi connectivity index (χ4n) is 2.38. The maximum Gasteiger partial charge on any atom is 0.117 e. The Labute approximate surface area is 123 Å². The highest BCUT2D eigenvalue weighted by Gasteiger charge is 2.14. The van der Waals surface area contributed by atoms with E-state index in [2.05, 4.69) is 21.4 Å². The topological polar surface area (TPSA) is 47.0 Å². The zero-order valence-electron chi connectivity index (χ0n) is 11.4. The Kier molecular flexibility index (Phi) is 4.84. The minimum Gasteiger partial charge on any atom is -0.377 e. The minimum atomic E-state index is 0.417. The molecule has 1 atom stereocenters. The van der Waals surface area contributed by atoms with Gasteiger partial charge in [0.1, 0.15) is 11.4 Å². The van der Waals surface area contributed by atoms with Gasteiger partial charge in [-0.3, -0.25) is 0 Å². The van der Waals surface area contributed by atoms with E-state index in [9.17, 15) is 0 Å². The van der Waals surface area contributed by atoms with Crippen LogP contribution in [0.2, 0.25) is 0 Å². The lowest BCUT2D eigenvalue weighted by Gasteiger charge is -2.10. The van der Waals surface area contributed by atoms with Gasteiger partial charge in [-0.2, -0.15) is 0 Å². The molecule has 4 nitrogen and oxygen atoms in total. The van der Waals surface area contributed by atoms with Crippen molar-refractivity contribution < 1.29 is 4.74 Å². The molecular formula is C15H19N3OS. The molecule has 1 aromatic carbocycles. The van der Waals surface area contributed by atoms with Crippen molar-refractivity contribution in [3.63, 3.8) is 0 Å². The fourth-order valence-corrected chi connectivity index (χ4v) is 3.27. The van der Waals surface area contributed by atoms with Crippen LogP contribution in [-0.2, 0) is 4.74 Å².